The van der Waals surface area contributed by atoms with Crippen LogP contribution in [0.2, 0.25) is 0 Å². The Kier molecular flexibility index (Phi) is 4.21. The summed E-state index contributed by atoms with van der Waals surface area (Å²) in [6.07, 6.45) is 1.84. The summed E-state index contributed by atoms with van der Waals surface area (Å²) in [5.41, 5.74) is 6.51. The molecule has 1 aliphatic heterocycles. The number of benzene rings is 1. The molecule has 6 heteroatoms. The second-order valence-corrected chi connectivity index (χ2v) is 4.62. The zero-order chi connectivity index (χ0) is 13.8. The van der Waals surface area contributed by atoms with Gasteiger partial charge in [-0.15, -0.1) is 0 Å². The minimum absolute atomic E-state index is 0.0739. The summed E-state index contributed by atoms with van der Waals surface area (Å²) < 4.78 is 18.5. The molecule has 104 valence electrons. The van der Waals surface area contributed by atoms with Crippen LogP contribution in [0.3, 0.4) is 0 Å². The van der Waals surface area contributed by atoms with E-state index in [2.05, 4.69) is 10.1 Å². The molecule has 1 fully saturated rings. The zero-order valence-corrected chi connectivity index (χ0v) is 10.8. The first-order valence-electron chi connectivity index (χ1n) is 6.19. The number of amidine groups is 1. The van der Waals surface area contributed by atoms with Crippen molar-refractivity contribution >= 4 is 5.84 Å². The van der Waals surface area contributed by atoms with Crippen LogP contribution in [0.15, 0.2) is 23.4 Å². The van der Waals surface area contributed by atoms with Crippen molar-refractivity contribution in [1.82, 2.24) is 4.90 Å². The Hall–Kier alpha value is -1.82. The van der Waals surface area contributed by atoms with Crippen molar-refractivity contribution in [2.75, 3.05) is 13.7 Å². The molecule has 0 amide bonds. The highest BCUT2D eigenvalue weighted by atomic mass is 19.1. The molecule has 2 rings (SSSR count). The van der Waals surface area contributed by atoms with E-state index in [1.807, 2.05) is 6.07 Å². The molecule has 1 aliphatic rings. The maximum Gasteiger partial charge on any atom is 0.165 e. The number of oxime groups is 1. The Balaban J connectivity index is 2.10. The van der Waals surface area contributed by atoms with Gasteiger partial charge in [0.05, 0.1) is 13.2 Å². The number of rotatable bonds is 4. The van der Waals surface area contributed by atoms with Crippen LogP contribution in [0.4, 0.5) is 4.39 Å². The predicted molar refractivity (Wildman–Crippen MR) is 69.8 cm³/mol. The fourth-order valence-electron chi connectivity index (χ4n) is 2.46. The van der Waals surface area contributed by atoms with Gasteiger partial charge >= 0.3 is 0 Å². The SMILES string of the molecule is COc1ccc(CN2CCCC2C(N)=NO)cc1F. The average Bonchev–Trinajstić information content (AvgIpc) is 2.86. The normalized spacial score (nSPS) is 20.7. The van der Waals surface area contributed by atoms with Gasteiger partial charge in [0.15, 0.2) is 17.4 Å². The molecule has 0 aromatic heterocycles. The van der Waals surface area contributed by atoms with Gasteiger partial charge in [-0.2, -0.15) is 0 Å². The van der Waals surface area contributed by atoms with Gasteiger partial charge in [0.25, 0.3) is 0 Å². The van der Waals surface area contributed by atoms with Crippen LogP contribution in [0.1, 0.15) is 18.4 Å². The van der Waals surface area contributed by atoms with Gasteiger partial charge in [-0.25, -0.2) is 4.39 Å². The van der Waals surface area contributed by atoms with Crippen molar-refractivity contribution in [2.45, 2.75) is 25.4 Å². The fraction of sp³-hybridized carbons (Fsp3) is 0.462. The molecule has 1 heterocycles. The van der Waals surface area contributed by atoms with E-state index in [1.54, 1.807) is 6.07 Å². The van der Waals surface area contributed by atoms with Gasteiger partial charge in [-0.3, -0.25) is 4.90 Å². The van der Waals surface area contributed by atoms with E-state index >= 15 is 0 Å². The van der Waals surface area contributed by atoms with E-state index in [0.717, 1.165) is 24.9 Å². The highest BCUT2D eigenvalue weighted by Crippen LogP contribution is 2.23. The van der Waals surface area contributed by atoms with Gasteiger partial charge in [0.1, 0.15) is 0 Å². The van der Waals surface area contributed by atoms with Crippen LogP contribution in [-0.4, -0.2) is 35.6 Å². The summed E-state index contributed by atoms with van der Waals surface area (Å²) in [6, 6.07) is 4.82. The number of likely N-dealkylation sites (tertiary alicyclic amines) is 1. The summed E-state index contributed by atoms with van der Waals surface area (Å²) >= 11 is 0. The fourth-order valence-corrected chi connectivity index (χ4v) is 2.46. The lowest BCUT2D eigenvalue weighted by molar-refractivity contribution is 0.274. The molecule has 1 saturated heterocycles. The van der Waals surface area contributed by atoms with Gasteiger partial charge in [0.2, 0.25) is 0 Å². The summed E-state index contributed by atoms with van der Waals surface area (Å²) in [4.78, 5) is 2.08. The zero-order valence-electron chi connectivity index (χ0n) is 10.8. The summed E-state index contributed by atoms with van der Waals surface area (Å²) in [7, 11) is 1.44. The largest absolute Gasteiger partial charge is 0.494 e. The predicted octanol–water partition coefficient (Wildman–Crippen LogP) is 1.55. The maximum absolute atomic E-state index is 13.6. The Morgan fingerprint density at radius 3 is 3.05 bits per heavy atom. The molecule has 0 saturated carbocycles. The van der Waals surface area contributed by atoms with E-state index in [4.69, 9.17) is 15.7 Å². The summed E-state index contributed by atoms with van der Waals surface area (Å²) in [5, 5.41) is 11.8. The Bertz CT molecular complexity index is 479. The summed E-state index contributed by atoms with van der Waals surface area (Å²) in [5.74, 6) is 0.0733. The quantitative estimate of drug-likeness (QED) is 0.376. The molecule has 1 aromatic rings. The Morgan fingerprint density at radius 2 is 2.42 bits per heavy atom. The van der Waals surface area contributed by atoms with Crippen molar-refractivity contribution in [2.24, 2.45) is 10.9 Å². The van der Waals surface area contributed by atoms with E-state index in [9.17, 15) is 4.39 Å². The molecule has 0 bridgehead atoms. The standard InChI is InChI=1S/C13H18FN3O2/c1-19-12-5-4-9(7-10(12)14)8-17-6-2-3-11(17)13(15)16-18/h4-5,7,11,18H,2-3,6,8H2,1H3,(H2,15,16). The topological polar surface area (TPSA) is 71.1 Å². The average molecular weight is 267 g/mol. The van der Waals surface area contributed by atoms with Gasteiger partial charge in [-0.05, 0) is 37.1 Å². The Labute approximate surface area is 111 Å². The maximum atomic E-state index is 13.6. The molecule has 1 atom stereocenters. The first-order chi connectivity index (χ1) is 9.15. The van der Waals surface area contributed by atoms with Crippen molar-refractivity contribution in [1.29, 1.82) is 0 Å². The smallest absolute Gasteiger partial charge is 0.165 e. The monoisotopic (exact) mass is 267 g/mol. The molecule has 19 heavy (non-hydrogen) atoms. The molecule has 1 unspecified atom stereocenters. The lowest BCUT2D eigenvalue weighted by Crippen LogP contribution is -2.40. The van der Waals surface area contributed by atoms with Crippen molar-refractivity contribution < 1.29 is 14.3 Å². The van der Waals surface area contributed by atoms with Gasteiger partial charge < -0.3 is 15.7 Å². The molecule has 0 radical (unpaired) electrons. The molecular weight excluding hydrogens is 249 g/mol. The second-order valence-electron chi connectivity index (χ2n) is 4.62. The first kappa shape index (κ1) is 13.6. The van der Waals surface area contributed by atoms with Crippen LogP contribution in [0, 0.1) is 5.82 Å². The lowest BCUT2D eigenvalue weighted by Gasteiger charge is -2.23. The van der Waals surface area contributed by atoms with Crippen molar-refractivity contribution in [3.8, 4) is 5.75 Å². The highest BCUT2D eigenvalue weighted by Gasteiger charge is 2.28. The minimum atomic E-state index is -0.375. The minimum Gasteiger partial charge on any atom is -0.494 e. The third kappa shape index (κ3) is 2.96. The highest BCUT2D eigenvalue weighted by molar-refractivity contribution is 5.85. The molecule has 0 aliphatic carbocycles. The van der Waals surface area contributed by atoms with Crippen LogP contribution >= 0.6 is 0 Å². The molecular formula is C13H18FN3O2. The molecule has 0 spiro atoms. The van der Waals surface area contributed by atoms with E-state index < -0.39 is 0 Å². The van der Waals surface area contributed by atoms with Crippen LogP contribution < -0.4 is 10.5 Å². The van der Waals surface area contributed by atoms with Gasteiger partial charge in [-0.1, -0.05) is 11.2 Å². The summed E-state index contributed by atoms with van der Waals surface area (Å²) in [6.45, 7) is 1.43. The molecule has 1 aromatic carbocycles. The number of halogens is 1. The number of hydrogen-bond donors (Lipinski definition) is 2. The number of nitrogens with two attached hydrogens (primary N) is 1. The first-order valence-corrected chi connectivity index (χ1v) is 6.19. The van der Waals surface area contributed by atoms with E-state index in [1.165, 1.54) is 13.2 Å². The van der Waals surface area contributed by atoms with Crippen molar-refractivity contribution in [3.63, 3.8) is 0 Å². The molecule has 5 nitrogen and oxygen atoms in total. The van der Waals surface area contributed by atoms with Crippen LogP contribution in [0.5, 0.6) is 5.75 Å². The van der Waals surface area contributed by atoms with E-state index in [0.29, 0.717) is 6.54 Å². The molecule has 3 N–H and O–H groups in total. The number of methoxy groups -OCH3 is 1. The van der Waals surface area contributed by atoms with Gasteiger partial charge in [0, 0.05) is 6.54 Å². The number of ether oxygens (including phenoxy) is 1. The second kappa shape index (κ2) is 5.88. The van der Waals surface area contributed by atoms with E-state index in [-0.39, 0.29) is 23.4 Å². The van der Waals surface area contributed by atoms with Crippen LogP contribution in [-0.2, 0) is 6.54 Å². The number of hydrogen-bond acceptors (Lipinski definition) is 4. The Morgan fingerprint density at radius 1 is 1.63 bits per heavy atom. The van der Waals surface area contributed by atoms with Crippen LogP contribution in [0.25, 0.3) is 0 Å². The lowest BCUT2D eigenvalue weighted by atomic mass is 10.1. The third-order valence-electron chi connectivity index (χ3n) is 3.42. The third-order valence-corrected chi connectivity index (χ3v) is 3.42. The number of nitrogens with zero attached hydrogens (tertiary/aromatic N) is 2. The van der Waals surface area contributed by atoms with Crippen molar-refractivity contribution in [3.05, 3.63) is 29.6 Å².